The molecule has 2 nitrogen and oxygen atoms in total. The predicted molar refractivity (Wildman–Crippen MR) is 79.1 cm³/mol. The Labute approximate surface area is 115 Å². The maximum Gasteiger partial charge on any atom is 0.0897 e. The average molecular weight is 266 g/mol. The molecule has 1 aromatic rings. The van der Waals surface area contributed by atoms with Crippen molar-refractivity contribution < 1.29 is 0 Å². The van der Waals surface area contributed by atoms with Gasteiger partial charge in [0.15, 0.2) is 0 Å². The number of thiazole rings is 1. The molecule has 3 heteroatoms. The van der Waals surface area contributed by atoms with Crippen LogP contribution in [0.15, 0.2) is 5.38 Å². The minimum Gasteiger partial charge on any atom is -0.312 e. The van der Waals surface area contributed by atoms with E-state index in [0.717, 1.165) is 18.4 Å². The molecule has 0 spiro atoms. The highest BCUT2D eigenvalue weighted by Gasteiger charge is 2.28. The summed E-state index contributed by atoms with van der Waals surface area (Å²) in [5, 5.41) is 7.11. The Bertz CT molecular complexity index is 378. The first-order valence-corrected chi connectivity index (χ1v) is 7.98. The molecule has 1 saturated carbocycles. The van der Waals surface area contributed by atoms with E-state index >= 15 is 0 Å². The standard InChI is InChI=1S/C15H26N2S/c1-11-17-14(10-18-11)8-12-6-5-7-13(12)9-16-15(2,3)4/h10,12-13,16H,5-9H2,1-4H3. The van der Waals surface area contributed by atoms with Crippen LogP contribution < -0.4 is 5.32 Å². The molecule has 2 unspecified atom stereocenters. The van der Waals surface area contributed by atoms with E-state index in [1.807, 2.05) is 0 Å². The zero-order valence-corrected chi connectivity index (χ0v) is 12.9. The van der Waals surface area contributed by atoms with Gasteiger partial charge in [0.2, 0.25) is 0 Å². The van der Waals surface area contributed by atoms with Crippen LogP contribution in [-0.4, -0.2) is 17.1 Å². The minimum absolute atomic E-state index is 0.240. The van der Waals surface area contributed by atoms with Gasteiger partial charge >= 0.3 is 0 Å². The number of rotatable bonds is 4. The zero-order valence-electron chi connectivity index (χ0n) is 12.1. The van der Waals surface area contributed by atoms with Crippen LogP contribution in [-0.2, 0) is 6.42 Å². The van der Waals surface area contributed by atoms with Crippen LogP contribution in [0.1, 0.15) is 50.7 Å². The molecule has 1 fully saturated rings. The molecule has 2 atom stereocenters. The zero-order chi connectivity index (χ0) is 13.2. The Morgan fingerprint density at radius 1 is 1.33 bits per heavy atom. The molecule has 0 saturated heterocycles. The number of hydrogen-bond acceptors (Lipinski definition) is 3. The molecule has 0 aliphatic heterocycles. The SMILES string of the molecule is Cc1nc(CC2CCCC2CNC(C)(C)C)cs1. The van der Waals surface area contributed by atoms with Gasteiger partial charge in [-0.05, 0) is 65.3 Å². The number of aromatic nitrogens is 1. The predicted octanol–water partition coefficient (Wildman–Crippen LogP) is 3.80. The normalized spacial score (nSPS) is 24.7. The van der Waals surface area contributed by atoms with Crippen LogP contribution in [0.3, 0.4) is 0 Å². The third kappa shape index (κ3) is 4.06. The quantitative estimate of drug-likeness (QED) is 0.896. The van der Waals surface area contributed by atoms with Crippen LogP contribution in [0, 0.1) is 18.8 Å². The molecule has 1 N–H and O–H groups in total. The van der Waals surface area contributed by atoms with Crippen LogP contribution in [0.2, 0.25) is 0 Å². The lowest BCUT2D eigenvalue weighted by Crippen LogP contribution is -2.40. The summed E-state index contributed by atoms with van der Waals surface area (Å²) in [7, 11) is 0. The van der Waals surface area contributed by atoms with E-state index < -0.39 is 0 Å². The Morgan fingerprint density at radius 2 is 2.06 bits per heavy atom. The van der Waals surface area contributed by atoms with Crippen molar-refractivity contribution in [2.24, 2.45) is 11.8 Å². The summed E-state index contributed by atoms with van der Waals surface area (Å²) in [5.41, 5.74) is 1.55. The maximum absolute atomic E-state index is 4.62. The number of aryl methyl sites for hydroxylation is 1. The first-order valence-electron chi connectivity index (χ1n) is 7.10. The van der Waals surface area contributed by atoms with Crippen LogP contribution >= 0.6 is 11.3 Å². The van der Waals surface area contributed by atoms with Crippen molar-refractivity contribution in [1.82, 2.24) is 10.3 Å². The van der Waals surface area contributed by atoms with Crippen molar-refractivity contribution in [1.29, 1.82) is 0 Å². The van der Waals surface area contributed by atoms with E-state index in [9.17, 15) is 0 Å². The number of nitrogens with one attached hydrogen (secondary N) is 1. The van der Waals surface area contributed by atoms with E-state index in [1.54, 1.807) is 11.3 Å². The van der Waals surface area contributed by atoms with Gasteiger partial charge in [-0.1, -0.05) is 6.42 Å². The lowest BCUT2D eigenvalue weighted by molar-refractivity contribution is 0.316. The lowest BCUT2D eigenvalue weighted by Gasteiger charge is -2.26. The van der Waals surface area contributed by atoms with Crippen LogP contribution in [0.4, 0.5) is 0 Å². The summed E-state index contributed by atoms with van der Waals surface area (Å²) < 4.78 is 0. The van der Waals surface area contributed by atoms with Gasteiger partial charge in [-0.2, -0.15) is 0 Å². The molecule has 1 aliphatic rings. The Balaban J connectivity index is 1.87. The molecule has 2 rings (SSSR count). The van der Waals surface area contributed by atoms with Crippen molar-refractivity contribution in [2.45, 2.75) is 58.9 Å². The Morgan fingerprint density at radius 3 is 2.67 bits per heavy atom. The maximum atomic E-state index is 4.62. The topological polar surface area (TPSA) is 24.9 Å². The molecule has 1 heterocycles. The molecule has 0 bridgehead atoms. The van der Waals surface area contributed by atoms with E-state index in [1.165, 1.54) is 36.4 Å². The highest BCUT2D eigenvalue weighted by atomic mass is 32.1. The summed E-state index contributed by atoms with van der Waals surface area (Å²) in [6, 6.07) is 0. The second-order valence-electron chi connectivity index (χ2n) is 6.64. The van der Waals surface area contributed by atoms with E-state index in [2.05, 4.69) is 43.4 Å². The van der Waals surface area contributed by atoms with Gasteiger partial charge < -0.3 is 5.32 Å². The minimum atomic E-state index is 0.240. The van der Waals surface area contributed by atoms with Crippen molar-refractivity contribution in [3.8, 4) is 0 Å². The molecule has 18 heavy (non-hydrogen) atoms. The summed E-state index contributed by atoms with van der Waals surface area (Å²) in [4.78, 5) is 4.62. The first-order chi connectivity index (χ1) is 8.44. The van der Waals surface area contributed by atoms with E-state index in [4.69, 9.17) is 0 Å². The Hall–Kier alpha value is -0.410. The monoisotopic (exact) mass is 266 g/mol. The summed E-state index contributed by atoms with van der Waals surface area (Å²) in [6.07, 6.45) is 5.34. The first kappa shape index (κ1) is 14.0. The van der Waals surface area contributed by atoms with Gasteiger partial charge in [-0.15, -0.1) is 11.3 Å². The molecule has 0 amide bonds. The molecule has 1 aromatic heterocycles. The highest BCUT2D eigenvalue weighted by Crippen LogP contribution is 2.34. The van der Waals surface area contributed by atoms with Gasteiger partial charge in [0.1, 0.15) is 0 Å². The van der Waals surface area contributed by atoms with E-state index in [-0.39, 0.29) is 5.54 Å². The van der Waals surface area contributed by atoms with E-state index in [0.29, 0.717) is 0 Å². The van der Waals surface area contributed by atoms with Crippen molar-refractivity contribution in [3.05, 3.63) is 16.1 Å². The van der Waals surface area contributed by atoms with Crippen molar-refractivity contribution in [2.75, 3.05) is 6.54 Å². The molecule has 0 radical (unpaired) electrons. The molecular weight excluding hydrogens is 240 g/mol. The Kier molecular flexibility index (Phi) is 4.44. The van der Waals surface area contributed by atoms with Gasteiger partial charge in [0.05, 0.1) is 10.7 Å². The summed E-state index contributed by atoms with van der Waals surface area (Å²) >= 11 is 1.78. The van der Waals surface area contributed by atoms with Crippen molar-refractivity contribution >= 4 is 11.3 Å². The van der Waals surface area contributed by atoms with Crippen LogP contribution in [0.5, 0.6) is 0 Å². The third-order valence-electron chi connectivity index (χ3n) is 3.85. The molecule has 1 aliphatic carbocycles. The van der Waals surface area contributed by atoms with Gasteiger partial charge in [0, 0.05) is 10.9 Å². The fourth-order valence-electron chi connectivity index (χ4n) is 2.86. The highest BCUT2D eigenvalue weighted by molar-refractivity contribution is 7.09. The second-order valence-corrected chi connectivity index (χ2v) is 7.71. The van der Waals surface area contributed by atoms with Crippen molar-refractivity contribution in [3.63, 3.8) is 0 Å². The molecule has 102 valence electrons. The average Bonchev–Trinajstić information content (AvgIpc) is 2.85. The lowest BCUT2D eigenvalue weighted by atomic mass is 9.91. The second kappa shape index (κ2) is 5.70. The number of hydrogen-bond donors (Lipinski definition) is 1. The van der Waals surface area contributed by atoms with Crippen LogP contribution in [0.25, 0.3) is 0 Å². The fraction of sp³-hybridized carbons (Fsp3) is 0.800. The van der Waals surface area contributed by atoms with Gasteiger partial charge in [-0.25, -0.2) is 4.98 Å². The third-order valence-corrected chi connectivity index (χ3v) is 4.67. The fourth-order valence-corrected chi connectivity index (χ4v) is 3.48. The number of nitrogens with zero attached hydrogens (tertiary/aromatic N) is 1. The largest absolute Gasteiger partial charge is 0.312 e. The summed E-state index contributed by atoms with van der Waals surface area (Å²) in [6.45, 7) is 10.0. The molecular formula is C15H26N2S. The van der Waals surface area contributed by atoms with Gasteiger partial charge in [0.25, 0.3) is 0 Å². The van der Waals surface area contributed by atoms with Gasteiger partial charge in [-0.3, -0.25) is 0 Å². The summed E-state index contributed by atoms with van der Waals surface area (Å²) in [5.74, 6) is 1.67. The smallest absolute Gasteiger partial charge is 0.0897 e. The molecule has 0 aromatic carbocycles.